The SMILES string of the molecule is Cn1cc(S(=O)(=O)N2CCN(Cc3cc(=O)c(O)c[nH]3)CC2)cn1. The lowest BCUT2D eigenvalue weighted by atomic mass is 10.3. The predicted octanol–water partition coefficient (Wildman–Crippen LogP) is -0.679. The van der Waals surface area contributed by atoms with E-state index in [0.29, 0.717) is 38.4 Å². The van der Waals surface area contributed by atoms with Crippen LogP contribution in [0, 0.1) is 0 Å². The highest BCUT2D eigenvalue weighted by molar-refractivity contribution is 7.89. The van der Waals surface area contributed by atoms with E-state index in [1.807, 2.05) is 0 Å². The highest BCUT2D eigenvalue weighted by Crippen LogP contribution is 2.17. The van der Waals surface area contributed by atoms with E-state index in [1.165, 1.54) is 33.6 Å². The third kappa shape index (κ3) is 3.35. The third-order valence-electron chi connectivity index (χ3n) is 4.00. The van der Waals surface area contributed by atoms with E-state index in [0.717, 1.165) is 0 Å². The Morgan fingerprint density at radius 1 is 1.29 bits per heavy atom. The number of rotatable bonds is 4. The summed E-state index contributed by atoms with van der Waals surface area (Å²) in [6.07, 6.45) is 4.10. The van der Waals surface area contributed by atoms with Gasteiger partial charge in [0.05, 0.1) is 6.20 Å². The smallest absolute Gasteiger partial charge is 0.246 e. The van der Waals surface area contributed by atoms with Crippen LogP contribution in [-0.4, -0.2) is 63.7 Å². The lowest BCUT2D eigenvalue weighted by Gasteiger charge is -2.33. The lowest BCUT2D eigenvalue weighted by molar-refractivity contribution is 0.180. The van der Waals surface area contributed by atoms with Crippen LogP contribution in [0.5, 0.6) is 5.75 Å². The first kappa shape index (κ1) is 16.7. The van der Waals surface area contributed by atoms with Crippen LogP contribution >= 0.6 is 0 Å². The zero-order valence-corrected chi connectivity index (χ0v) is 14.0. The van der Waals surface area contributed by atoms with Crippen molar-refractivity contribution in [2.75, 3.05) is 26.2 Å². The summed E-state index contributed by atoms with van der Waals surface area (Å²) in [5.41, 5.74) is 0.253. The molecule has 2 aromatic heterocycles. The number of aryl methyl sites for hydroxylation is 1. The number of piperazine rings is 1. The monoisotopic (exact) mass is 353 g/mol. The fraction of sp³-hybridized carbons (Fsp3) is 0.429. The van der Waals surface area contributed by atoms with Crippen LogP contribution in [0.4, 0.5) is 0 Å². The van der Waals surface area contributed by atoms with Gasteiger partial charge >= 0.3 is 0 Å². The van der Waals surface area contributed by atoms with Gasteiger partial charge in [0.1, 0.15) is 4.90 Å². The number of aromatic hydroxyl groups is 1. The minimum Gasteiger partial charge on any atom is -0.503 e. The first-order valence-electron chi connectivity index (χ1n) is 7.48. The highest BCUT2D eigenvalue weighted by atomic mass is 32.2. The molecule has 24 heavy (non-hydrogen) atoms. The Kier molecular flexibility index (Phi) is 4.43. The van der Waals surface area contributed by atoms with Crippen LogP contribution in [0.1, 0.15) is 5.69 Å². The standard InChI is InChI=1S/C14H19N5O4S/c1-17-10-12(7-16-17)24(22,23)19-4-2-18(3-5-19)9-11-6-13(20)14(21)8-15-11/h6-8,10,21H,2-5,9H2,1H3,(H,15,20). The molecule has 0 aliphatic carbocycles. The number of hydrogen-bond acceptors (Lipinski definition) is 6. The average Bonchev–Trinajstić information content (AvgIpc) is 2.99. The molecule has 0 bridgehead atoms. The molecule has 3 rings (SSSR count). The molecule has 9 nitrogen and oxygen atoms in total. The van der Waals surface area contributed by atoms with Gasteiger partial charge in [0, 0.05) is 63.9 Å². The predicted molar refractivity (Wildman–Crippen MR) is 86.0 cm³/mol. The van der Waals surface area contributed by atoms with Crippen LogP contribution < -0.4 is 5.43 Å². The number of H-pyrrole nitrogens is 1. The van der Waals surface area contributed by atoms with Crippen molar-refractivity contribution in [1.29, 1.82) is 0 Å². The Morgan fingerprint density at radius 2 is 2.00 bits per heavy atom. The topological polar surface area (TPSA) is 112 Å². The van der Waals surface area contributed by atoms with Gasteiger partial charge < -0.3 is 10.1 Å². The second kappa shape index (κ2) is 6.38. The van der Waals surface area contributed by atoms with E-state index in [1.54, 1.807) is 7.05 Å². The van der Waals surface area contributed by atoms with Gasteiger partial charge in [0.2, 0.25) is 15.5 Å². The van der Waals surface area contributed by atoms with Crippen LogP contribution in [0.25, 0.3) is 0 Å². The van der Waals surface area contributed by atoms with Gasteiger partial charge in [0.25, 0.3) is 0 Å². The van der Waals surface area contributed by atoms with E-state index in [9.17, 15) is 18.3 Å². The van der Waals surface area contributed by atoms with Gasteiger partial charge in [-0.15, -0.1) is 0 Å². The molecule has 1 aliphatic rings. The van der Waals surface area contributed by atoms with Gasteiger partial charge in [0.15, 0.2) is 5.75 Å². The maximum Gasteiger partial charge on any atom is 0.246 e. The summed E-state index contributed by atoms with van der Waals surface area (Å²) in [6, 6.07) is 1.36. The van der Waals surface area contributed by atoms with E-state index in [4.69, 9.17) is 0 Å². The molecule has 0 radical (unpaired) electrons. The molecule has 0 atom stereocenters. The van der Waals surface area contributed by atoms with E-state index >= 15 is 0 Å². The van der Waals surface area contributed by atoms with Crippen molar-refractivity contribution in [2.45, 2.75) is 11.4 Å². The van der Waals surface area contributed by atoms with Crippen LogP contribution in [-0.2, 0) is 23.6 Å². The number of sulfonamides is 1. The molecule has 1 aliphatic heterocycles. The van der Waals surface area contributed by atoms with Crippen molar-refractivity contribution in [3.8, 4) is 5.75 Å². The molecular formula is C14H19N5O4S. The summed E-state index contributed by atoms with van der Waals surface area (Å²) >= 11 is 0. The number of aromatic amines is 1. The third-order valence-corrected chi connectivity index (χ3v) is 5.85. The van der Waals surface area contributed by atoms with Crippen molar-refractivity contribution in [1.82, 2.24) is 24.0 Å². The van der Waals surface area contributed by atoms with Crippen molar-refractivity contribution in [2.24, 2.45) is 7.05 Å². The largest absolute Gasteiger partial charge is 0.503 e. The summed E-state index contributed by atoms with van der Waals surface area (Å²) in [4.78, 5) is 16.5. The Hall–Kier alpha value is -2.17. The summed E-state index contributed by atoms with van der Waals surface area (Å²) in [5, 5.41) is 13.2. The fourth-order valence-corrected chi connectivity index (χ4v) is 4.06. The Balaban J connectivity index is 1.63. The molecule has 0 amide bonds. The van der Waals surface area contributed by atoms with Crippen molar-refractivity contribution in [3.63, 3.8) is 0 Å². The molecule has 0 spiro atoms. The van der Waals surface area contributed by atoms with Crippen LogP contribution in [0.15, 0.2) is 34.3 Å². The Labute approximate surface area is 139 Å². The first-order chi connectivity index (χ1) is 11.4. The maximum absolute atomic E-state index is 12.5. The fourth-order valence-electron chi connectivity index (χ4n) is 2.65. The molecule has 1 fully saturated rings. The zero-order chi connectivity index (χ0) is 17.3. The van der Waals surface area contributed by atoms with Gasteiger partial charge in [-0.3, -0.25) is 14.4 Å². The number of pyridine rings is 1. The van der Waals surface area contributed by atoms with E-state index in [-0.39, 0.29) is 10.6 Å². The second-order valence-electron chi connectivity index (χ2n) is 5.74. The number of hydrogen-bond donors (Lipinski definition) is 2. The summed E-state index contributed by atoms with van der Waals surface area (Å²) in [6.45, 7) is 2.36. The molecular weight excluding hydrogens is 334 g/mol. The first-order valence-corrected chi connectivity index (χ1v) is 8.92. The average molecular weight is 353 g/mol. The molecule has 3 heterocycles. The van der Waals surface area contributed by atoms with E-state index in [2.05, 4.69) is 15.0 Å². The van der Waals surface area contributed by atoms with E-state index < -0.39 is 15.5 Å². The Morgan fingerprint density at radius 3 is 2.58 bits per heavy atom. The number of aromatic nitrogens is 3. The molecule has 0 unspecified atom stereocenters. The van der Waals surface area contributed by atoms with Gasteiger partial charge in [-0.1, -0.05) is 0 Å². The zero-order valence-electron chi connectivity index (χ0n) is 13.2. The minimum absolute atomic E-state index is 0.196. The normalized spacial score (nSPS) is 17.2. The summed E-state index contributed by atoms with van der Waals surface area (Å²) in [7, 11) is -1.84. The molecule has 0 aromatic carbocycles. The van der Waals surface area contributed by atoms with Crippen molar-refractivity contribution in [3.05, 3.63) is 40.6 Å². The second-order valence-corrected chi connectivity index (χ2v) is 7.68. The van der Waals surface area contributed by atoms with Gasteiger partial charge in [-0.25, -0.2) is 8.42 Å². The van der Waals surface area contributed by atoms with Gasteiger partial charge in [-0.05, 0) is 0 Å². The summed E-state index contributed by atoms with van der Waals surface area (Å²) in [5.74, 6) is -0.314. The molecule has 1 saturated heterocycles. The number of nitrogens with one attached hydrogen (secondary N) is 1. The quantitative estimate of drug-likeness (QED) is 0.753. The Bertz CT molecular complexity index is 881. The summed E-state index contributed by atoms with van der Waals surface area (Å²) < 4.78 is 28.0. The molecule has 130 valence electrons. The van der Waals surface area contributed by atoms with Crippen molar-refractivity contribution < 1.29 is 13.5 Å². The van der Waals surface area contributed by atoms with Crippen LogP contribution in [0.2, 0.25) is 0 Å². The molecule has 10 heteroatoms. The maximum atomic E-state index is 12.5. The lowest BCUT2D eigenvalue weighted by Crippen LogP contribution is -2.48. The number of nitrogens with zero attached hydrogens (tertiary/aromatic N) is 4. The molecule has 2 aromatic rings. The minimum atomic E-state index is -3.52. The van der Waals surface area contributed by atoms with Crippen LogP contribution in [0.3, 0.4) is 0 Å². The molecule has 2 N–H and O–H groups in total. The van der Waals surface area contributed by atoms with Gasteiger partial charge in [-0.2, -0.15) is 9.40 Å². The highest BCUT2D eigenvalue weighted by Gasteiger charge is 2.29. The van der Waals surface area contributed by atoms with Crippen molar-refractivity contribution >= 4 is 10.0 Å². The molecule has 0 saturated carbocycles.